The van der Waals surface area contributed by atoms with Gasteiger partial charge in [-0.2, -0.15) is 0 Å². The molecule has 2 aromatic rings. The number of ether oxygens (including phenoxy) is 1. The second-order valence-electron chi connectivity index (χ2n) is 6.38. The van der Waals surface area contributed by atoms with Crippen LogP contribution in [-0.4, -0.2) is 19.1 Å². The van der Waals surface area contributed by atoms with Crippen LogP contribution in [0.15, 0.2) is 48.5 Å². The molecule has 0 radical (unpaired) electrons. The maximum Gasteiger partial charge on any atom is 0.237 e. The third-order valence-corrected chi connectivity index (χ3v) is 3.89. The molecule has 1 amide bonds. The number of carbonyl (C=O) groups is 1. The van der Waals surface area contributed by atoms with Gasteiger partial charge in [0.1, 0.15) is 5.75 Å². The zero-order chi connectivity index (χ0) is 17.5. The summed E-state index contributed by atoms with van der Waals surface area (Å²) < 4.78 is 5.26. The quantitative estimate of drug-likeness (QED) is 0.787. The fourth-order valence-corrected chi connectivity index (χ4v) is 2.55. The van der Waals surface area contributed by atoms with Gasteiger partial charge in [0.15, 0.2) is 0 Å². The monoisotopic (exact) mass is 362 g/mol. The molecule has 0 spiro atoms. The summed E-state index contributed by atoms with van der Waals surface area (Å²) in [7, 11) is 1.66. The smallest absolute Gasteiger partial charge is 0.237 e. The van der Waals surface area contributed by atoms with Crippen LogP contribution in [-0.2, 0) is 11.3 Å². The fraction of sp³-hybridized carbons (Fsp3) is 0.350. The first-order chi connectivity index (χ1) is 11.5. The van der Waals surface area contributed by atoms with E-state index in [-0.39, 0.29) is 18.3 Å². The molecule has 2 rings (SSSR count). The number of hydrogen-bond acceptors (Lipinski definition) is 3. The van der Waals surface area contributed by atoms with Crippen molar-refractivity contribution >= 4 is 18.3 Å². The highest BCUT2D eigenvalue weighted by molar-refractivity contribution is 5.85. The minimum atomic E-state index is -0.443. The van der Waals surface area contributed by atoms with Crippen LogP contribution in [0.3, 0.4) is 0 Å². The van der Waals surface area contributed by atoms with Gasteiger partial charge >= 0.3 is 0 Å². The van der Waals surface area contributed by atoms with Gasteiger partial charge in [0.2, 0.25) is 5.91 Å². The molecular weight excluding hydrogens is 336 g/mol. The van der Waals surface area contributed by atoms with E-state index >= 15 is 0 Å². The molecule has 0 saturated carbocycles. The van der Waals surface area contributed by atoms with Crippen LogP contribution in [0.2, 0.25) is 0 Å². The third kappa shape index (κ3) is 6.40. The normalized spacial score (nSPS) is 11.6. The fourth-order valence-electron chi connectivity index (χ4n) is 2.55. The predicted molar refractivity (Wildman–Crippen MR) is 105 cm³/mol. The summed E-state index contributed by atoms with van der Waals surface area (Å²) in [6.07, 6.45) is 0.695. The van der Waals surface area contributed by atoms with Crippen LogP contribution in [0, 0.1) is 5.92 Å². The number of carbonyl (C=O) groups excluding carboxylic acids is 1. The molecule has 25 heavy (non-hydrogen) atoms. The molecule has 136 valence electrons. The van der Waals surface area contributed by atoms with Crippen LogP contribution >= 0.6 is 12.4 Å². The lowest BCUT2D eigenvalue weighted by atomic mass is 10.0. The van der Waals surface area contributed by atoms with Crippen LogP contribution < -0.4 is 15.8 Å². The number of nitrogens with one attached hydrogen (secondary N) is 1. The molecule has 0 unspecified atom stereocenters. The van der Waals surface area contributed by atoms with E-state index in [1.165, 1.54) is 0 Å². The molecule has 0 aliphatic carbocycles. The van der Waals surface area contributed by atoms with E-state index in [1.54, 1.807) is 7.11 Å². The van der Waals surface area contributed by atoms with Crippen molar-refractivity contribution in [2.24, 2.45) is 11.7 Å². The summed E-state index contributed by atoms with van der Waals surface area (Å²) in [5.74, 6) is 1.15. The van der Waals surface area contributed by atoms with Gasteiger partial charge < -0.3 is 15.8 Å². The zero-order valence-corrected chi connectivity index (χ0v) is 15.8. The Morgan fingerprint density at radius 2 is 1.80 bits per heavy atom. The average Bonchev–Trinajstić information content (AvgIpc) is 2.59. The summed E-state index contributed by atoms with van der Waals surface area (Å²) >= 11 is 0. The summed E-state index contributed by atoms with van der Waals surface area (Å²) in [6.45, 7) is 4.61. The van der Waals surface area contributed by atoms with Crippen molar-refractivity contribution in [1.82, 2.24) is 5.32 Å². The number of rotatable bonds is 7. The first-order valence-electron chi connectivity index (χ1n) is 8.26. The molecule has 0 fully saturated rings. The Hall–Kier alpha value is -2.04. The number of amides is 1. The number of nitrogens with two attached hydrogens (primary N) is 1. The summed E-state index contributed by atoms with van der Waals surface area (Å²) in [6, 6.07) is 15.6. The van der Waals surface area contributed by atoms with E-state index in [1.807, 2.05) is 48.5 Å². The van der Waals surface area contributed by atoms with Gasteiger partial charge in [0.25, 0.3) is 0 Å². The first kappa shape index (κ1) is 21.0. The average molecular weight is 363 g/mol. The SMILES string of the molecule is COc1cccc(-c2ccc(CNC(=O)[C@@H](N)CC(C)C)cc2)c1.Cl. The van der Waals surface area contributed by atoms with Gasteiger partial charge in [-0.1, -0.05) is 50.2 Å². The molecule has 0 aliphatic heterocycles. The van der Waals surface area contributed by atoms with E-state index in [4.69, 9.17) is 10.5 Å². The maximum absolute atomic E-state index is 12.0. The second kappa shape index (κ2) is 10.1. The van der Waals surface area contributed by atoms with Crippen LogP contribution in [0.1, 0.15) is 25.8 Å². The highest BCUT2D eigenvalue weighted by Gasteiger charge is 2.14. The highest BCUT2D eigenvalue weighted by Crippen LogP contribution is 2.24. The van der Waals surface area contributed by atoms with Crippen LogP contribution in [0.5, 0.6) is 5.75 Å². The molecule has 5 heteroatoms. The van der Waals surface area contributed by atoms with Crippen molar-refractivity contribution < 1.29 is 9.53 Å². The van der Waals surface area contributed by atoms with Crippen molar-refractivity contribution in [3.63, 3.8) is 0 Å². The molecule has 1 atom stereocenters. The van der Waals surface area contributed by atoms with Crippen molar-refractivity contribution in [2.75, 3.05) is 7.11 Å². The molecule has 2 aromatic carbocycles. The molecule has 0 heterocycles. The van der Waals surface area contributed by atoms with Gasteiger partial charge in [-0.3, -0.25) is 4.79 Å². The molecule has 0 bridgehead atoms. The number of methoxy groups -OCH3 is 1. The summed E-state index contributed by atoms with van der Waals surface area (Å²) in [5, 5.41) is 2.90. The molecule has 0 saturated heterocycles. The zero-order valence-electron chi connectivity index (χ0n) is 15.0. The topological polar surface area (TPSA) is 64.3 Å². The van der Waals surface area contributed by atoms with Gasteiger partial charge in [-0.05, 0) is 41.2 Å². The largest absolute Gasteiger partial charge is 0.497 e. The van der Waals surface area contributed by atoms with E-state index in [0.29, 0.717) is 18.9 Å². The second-order valence-corrected chi connectivity index (χ2v) is 6.38. The lowest BCUT2D eigenvalue weighted by Gasteiger charge is -2.14. The molecule has 0 aromatic heterocycles. The van der Waals surface area contributed by atoms with E-state index in [2.05, 4.69) is 19.2 Å². The number of benzene rings is 2. The van der Waals surface area contributed by atoms with Gasteiger partial charge in [0.05, 0.1) is 13.2 Å². The van der Waals surface area contributed by atoms with Gasteiger partial charge in [-0.25, -0.2) is 0 Å². The maximum atomic E-state index is 12.0. The van der Waals surface area contributed by atoms with Crippen molar-refractivity contribution in [1.29, 1.82) is 0 Å². The standard InChI is InChI=1S/C20H26N2O2.ClH/c1-14(2)11-19(21)20(23)22-13-15-7-9-16(10-8-15)17-5-4-6-18(12-17)24-3;/h4-10,12,14,19H,11,13,21H2,1-3H3,(H,22,23);1H/t19-;/m0./s1. The Bertz CT molecular complexity index is 672. The van der Waals surface area contributed by atoms with E-state index < -0.39 is 6.04 Å². The predicted octanol–water partition coefficient (Wildman–Crippen LogP) is 3.77. The Morgan fingerprint density at radius 1 is 1.12 bits per heavy atom. The first-order valence-corrected chi connectivity index (χ1v) is 8.26. The molecule has 0 aliphatic rings. The number of hydrogen-bond donors (Lipinski definition) is 2. The Kier molecular flexibility index (Phi) is 8.46. The molecular formula is C20H27ClN2O2. The third-order valence-electron chi connectivity index (χ3n) is 3.89. The molecule has 3 N–H and O–H groups in total. The van der Waals surface area contributed by atoms with Crippen LogP contribution in [0.4, 0.5) is 0 Å². The van der Waals surface area contributed by atoms with Gasteiger partial charge in [0, 0.05) is 6.54 Å². The van der Waals surface area contributed by atoms with Crippen LogP contribution in [0.25, 0.3) is 11.1 Å². The Balaban J connectivity index is 0.00000312. The lowest BCUT2D eigenvalue weighted by molar-refractivity contribution is -0.122. The van der Waals surface area contributed by atoms with Crippen molar-refractivity contribution in [3.8, 4) is 16.9 Å². The Morgan fingerprint density at radius 3 is 2.40 bits per heavy atom. The Labute approximate surface area is 156 Å². The summed E-state index contributed by atoms with van der Waals surface area (Å²) in [5.41, 5.74) is 9.15. The van der Waals surface area contributed by atoms with E-state index in [9.17, 15) is 4.79 Å². The highest BCUT2D eigenvalue weighted by atomic mass is 35.5. The lowest BCUT2D eigenvalue weighted by Crippen LogP contribution is -2.40. The van der Waals surface area contributed by atoms with Crippen molar-refractivity contribution in [2.45, 2.75) is 32.9 Å². The van der Waals surface area contributed by atoms with Gasteiger partial charge in [-0.15, -0.1) is 12.4 Å². The minimum Gasteiger partial charge on any atom is -0.497 e. The molecule has 4 nitrogen and oxygen atoms in total. The number of halogens is 1. The minimum absolute atomic E-state index is 0. The van der Waals surface area contributed by atoms with Crippen molar-refractivity contribution in [3.05, 3.63) is 54.1 Å². The summed E-state index contributed by atoms with van der Waals surface area (Å²) in [4.78, 5) is 12.0. The van der Waals surface area contributed by atoms with E-state index in [0.717, 1.165) is 22.4 Å².